The normalized spacial score (nSPS) is 11.3. The number of hydrogen-bond donors (Lipinski definition) is 1. The first-order valence-corrected chi connectivity index (χ1v) is 9.49. The number of carbonyl (C=O) groups excluding carboxylic acids is 2. The zero-order valence-electron chi connectivity index (χ0n) is 16.1. The fourth-order valence-electron chi connectivity index (χ4n) is 2.31. The molecule has 1 aromatic carbocycles. The SMILES string of the molecule is Cc1cc(NC(=O)C(C)(C)C)sc1C(=O)OCc1nnnn1-c1ccccc1. The van der Waals surface area contributed by atoms with E-state index < -0.39 is 11.4 Å². The minimum atomic E-state index is -0.521. The van der Waals surface area contributed by atoms with Crippen LogP contribution in [0, 0.1) is 12.3 Å². The third kappa shape index (κ3) is 4.42. The van der Waals surface area contributed by atoms with Crippen molar-refractivity contribution < 1.29 is 14.3 Å². The van der Waals surface area contributed by atoms with Crippen LogP contribution < -0.4 is 5.32 Å². The summed E-state index contributed by atoms with van der Waals surface area (Å²) < 4.78 is 6.91. The van der Waals surface area contributed by atoms with Crippen LogP contribution in [0.15, 0.2) is 36.4 Å². The molecule has 0 aliphatic heterocycles. The molecule has 3 aromatic rings. The number of esters is 1. The van der Waals surface area contributed by atoms with Crippen LogP contribution in [-0.4, -0.2) is 32.1 Å². The number of tetrazole rings is 1. The second-order valence-electron chi connectivity index (χ2n) is 7.25. The molecule has 3 rings (SSSR count). The van der Waals surface area contributed by atoms with E-state index in [1.807, 2.05) is 51.1 Å². The summed E-state index contributed by atoms with van der Waals surface area (Å²) in [7, 11) is 0. The van der Waals surface area contributed by atoms with Crippen molar-refractivity contribution in [3.8, 4) is 5.69 Å². The number of aromatic nitrogens is 4. The van der Waals surface area contributed by atoms with Gasteiger partial charge in [0.05, 0.1) is 10.7 Å². The molecule has 0 saturated heterocycles. The Morgan fingerprint density at radius 1 is 1.21 bits per heavy atom. The van der Waals surface area contributed by atoms with Gasteiger partial charge in [0.15, 0.2) is 12.4 Å². The van der Waals surface area contributed by atoms with Gasteiger partial charge in [0.1, 0.15) is 4.88 Å². The lowest BCUT2D eigenvalue weighted by atomic mass is 9.96. The molecule has 0 radical (unpaired) electrons. The Labute approximate surface area is 166 Å². The van der Waals surface area contributed by atoms with Crippen LogP contribution in [0.1, 0.15) is 41.8 Å². The van der Waals surface area contributed by atoms with Gasteiger partial charge in [0.25, 0.3) is 0 Å². The molecular weight excluding hydrogens is 378 g/mol. The van der Waals surface area contributed by atoms with E-state index in [-0.39, 0.29) is 12.5 Å². The number of anilines is 1. The van der Waals surface area contributed by atoms with Crippen molar-refractivity contribution in [2.75, 3.05) is 5.32 Å². The second-order valence-corrected chi connectivity index (χ2v) is 8.30. The molecule has 8 nitrogen and oxygen atoms in total. The molecule has 28 heavy (non-hydrogen) atoms. The van der Waals surface area contributed by atoms with Gasteiger partial charge in [-0.3, -0.25) is 4.79 Å². The number of benzene rings is 1. The Morgan fingerprint density at radius 3 is 2.61 bits per heavy atom. The number of nitrogens with zero attached hydrogens (tertiary/aromatic N) is 4. The largest absolute Gasteiger partial charge is 0.453 e. The third-order valence-electron chi connectivity index (χ3n) is 3.89. The summed E-state index contributed by atoms with van der Waals surface area (Å²) in [6.45, 7) is 7.22. The summed E-state index contributed by atoms with van der Waals surface area (Å²) in [4.78, 5) is 25.1. The number of aryl methyl sites for hydroxylation is 1. The van der Waals surface area contributed by atoms with Crippen LogP contribution in [0.2, 0.25) is 0 Å². The molecule has 0 fully saturated rings. The predicted octanol–water partition coefficient (Wildman–Crippen LogP) is 3.37. The van der Waals surface area contributed by atoms with Crippen LogP contribution in [0.4, 0.5) is 5.00 Å². The Bertz CT molecular complexity index is 989. The lowest BCUT2D eigenvalue weighted by Crippen LogP contribution is -2.27. The Kier molecular flexibility index (Phi) is 5.55. The molecule has 0 unspecified atom stereocenters. The Hall–Kier alpha value is -3.07. The molecule has 0 bridgehead atoms. The molecule has 0 aliphatic rings. The van der Waals surface area contributed by atoms with Gasteiger partial charge in [0, 0.05) is 5.41 Å². The molecule has 1 amide bonds. The lowest BCUT2D eigenvalue weighted by Gasteiger charge is -2.16. The highest BCUT2D eigenvalue weighted by Gasteiger charge is 2.23. The molecule has 2 heterocycles. The Balaban J connectivity index is 1.68. The first kappa shape index (κ1) is 19.7. The van der Waals surface area contributed by atoms with Crippen molar-refractivity contribution in [1.29, 1.82) is 0 Å². The van der Waals surface area contributed by atoms with Crippen molar-refractivity contribution in [2.45, 2.75) is 34.3 Å². The smallest absolute Gasteiger partial charge is 0.349 e. The van der Waals surface area contributed by atoms with E-state index in [1.54, 1.807) is 13.0 Å². The summed E-state index contributed by atoms with van der Waals surface area (Å²) in [5.74, 6) is -0.188. The van der Waals surface area contributed by atoms with Gasteiger partial charge in [-0.15, -0.1) is 16.4 Å². The quantitative estimate of drug-likeness (QED) is 0.661. The summed E-state index contributed by atoms with van der Waals surface area (Å²) >= 11 is 1.18. The molecule has 0 spiro atoms. The number of nitrogens with one attached hydrogen (secondary N) is 1. The van der Waals surface area contributed by atoms with Crippen molar-refractivity contribution in [1.82, 2.24) is 20.2 Å². The first-order chi connectivity index (χ1) is 13.3. The van der Waals surface area contributed by atoms with Crippen LogP contribution in [0.5, 0.6) is 0 Å². The topological polar surface area (TPSA) is 99.0 Å². The second kappa shape index (κ2) is 7.89. The maximum Gasteiger partial charge on any atom is 0.349 e. The number of hydrogen-bond acceptors (Lipinski definition) is 7. The van der Waals surface area contributed by atoms with Crippen LogP contribution in [-0.2, 0) is 16.1 Å². The van der Waals surface area contributed by atoms with Gasteiger partial charge in [-0.2, -0.15) is 4.68 Å². The Morgan fingerprint density at radius 2 is 1.93 bits per heavy atom. The summed E-state index contributed by atoms with van der Waals surface area (Å²) in [6, 6.07) is 11.1. The van der Waals surface area contributed by atoms with Gasteiger partial charge < -0.3 is 10.1 Å². The summed E-state index contributed by atoms with van der Waals surface area (Å²) in [6.07, 6.45) is 0. The molecule has 146 valence electrons. The van der Waals surface area contributed by atoms with Crippen LogP contribution >= 0.6 is 11.3 Å². The van der Waals surface area contributed by atoms with Crippen molar-refractivity contribution in [2.24, 2.45) is 5.41 Å². The lowest BCUT2D eigenvalue weighted by molar-refractivity contribution is -0.123. The van der Waals surface area contributed by atoms with Crippen molar-refractivity contribution >= 4 is 28.2 Å². The van der Waals surface area contributed by atoms with E-state index in [9.17, 15) is 9.59 Å². The number of ether oxygens (including phenoxy) is 1. The van der Waals surface area contributed by atoms with E-state index in [4.69, 9.17) is 4.74 Å². The summed E-state index contributed by atoms with van der Waals surface area (Å²) in [5.41, 5.74) is 0.993. The molecule has 9 heteroatoms. The number of carbonyl (C=O) groups is 2. The maximum atomic E-state index is 12.5. The zero-order valence-corrected chi connectivity index (χ0v) is 16.9. The highest BCUT2D eigenvalue weighted by Crippen LogP contribution is 2.29. The average molecular weight is 399 g/mol. The van der Waals surface area contributed by atoms with Gasteiger partial charge in [-0.25, -0.2) is 4.79 Å². The summed E-state index contributed by atoms with van der Waals surface area (Å²) in [5, 5.41) is 15.0. The molecule has 0 aliphatic carbocycles. The molecular formula is C19H21N5O3S. The number of amides is 1. The minimum Gasteiger partial charge on any atom is -0.453 e. The highest BCUT2D eigenvalue weighted by atomic mass is 32.1. The predicted molar refractivity (Wildman–Crippen MR) is 105 cm³/mol. The van der Waals surface area contributed by atoms with E-state index in [0.717, 1.165) is 11.3 Å². The van der Waals surface area contributed by atoms with E-state index in [2.05, 4.69) is 20.8 Å². The molecule has 1 N–H and O–H groups in total. The fraction of sp³-hybridized carbons (Fsp3) is 0.316. The van der Waals surface area contributed by atoms with Gasteiger partial charge in [-0.1, -0.05) is 39.0 Å². The third-order valence-corrected chi connectivity index (χ3v) is 5.02. The average Bonchev–Trinajstić information content (AvgIpc) is 3.26. The number of rotatable bonds is 5. The molecule has 2 aromatic heterocycles. The fourth-order valence-corrected chi connectivity index (χ4v) is 3.27. The van der Waals surface area contributed by atoms with E-state index in [0.29, 0.717) is 15.7 Å². The van der Waals surface area contributed by atoms with Gasteiger partial charge >= 0.3 is 5.97 Å². The molecule has 0 atom stereocenters. The standard InChI is InChI=1S/C19H21N5O3S/c1-12-10-15(20-18(26)19(2,3)4)28-16(12)17(25)27-11-14-21-22-23-24(14)13-8-6-5-7-9-13/h5-10H,11H2,1-4H3,(H,20,26). The van der Waals surface area contributed by atoms with Crippen molar-refractivity contribution in [3.05, 3.63) is 52.7 Å². The maximum absolute atomic E-state index is 12.5. The monoisotopic (exact) mass is 399 g/mol. The van der Waals surface area contributed by atoms with E-state index >= 15 is 0 Å². The minimum absolute atomic E-state index is 0.0677. The first-order valence-electron chi connectivity index (χ1n) is 8.67. The van der Waals surface area contributed by atoms with Crippen molar-refractivity contribution in [3.63, 3.8) is 0 Å². The van der Waals surface area contributed by atoms with Gasteiger partial charge in [0.2, 0.25) is 5.91 Å². The number of para-hydroxylation sites is 1. The highest BCUT2D eigenvalue weighted by molar-refractivity contribution is 7.18. The number of thiophene rings is 1. The van der Waals surface area contributed by atoms with Crippen LogP contribution in [0.3, 0.4) is 0 Å². The molecule has 0 saturated carbocycles. The van der Waals surface area contributed by atoms with Crippen LogP contribution in [0.25, 0.3) is 5.69 Å². The van der Waals surface area contributed by atoms with Gasteiger partial charge in [-0.05, 0) is 41.1 Å². The van der Waals surface area contributed by atoms with E-state index in [1.165, 1.54) is 16.0 Å². The zero-order chi connectivity index (χ0) is 20.3.